The van der Waals surface area contributed by atoms with E-state index in [0.717, 1.165) is 4.68 Å². The van der Waals surface area contributed by atoms with Gasteiger partial charge < -0.3 is 10.1 Å². The number of aromatic nitrogens is 3. The van der Waals surface area contributed by atoms with Gasteiger partial charge in [-0.05, 0) is 12.1 Å². The van der Waals surface area contributed by atoms with Gasteiger partial charge in [-0.25, -0.2) is 4.68 Å². The summed E-state index contributed by atoms with van der Waals surface area (Å²) in [6, 6.07) is 5.15. The molecule has 1 aliphatic heterocycles. The van der Waals surface area contributed by atoms with Crippen LogP contribution in [0.25, 0.3) is 0 Å². The van der Waals surface area contributed by atoms with Crippen LogP contribution in [0.4, 0.5) is 24.8 Å². The Bertz CT molecular complexity index is 833. The molecule has 1 atom stereocenters. The van der Waals surface area contributed by atoms with Crippen LogP contribution in [0.3, 0.4) is 0 Å². The van der Waals surface area contributed by atoms with Gasteiger partial charge in [0.05, 0.1) is 13.5 Å². The van der Waals surface area contributed by atoms with Gasteiger partial charge in [0.25, 0.3) is 5.82 Å². The minimum Gasteiger partial charge on any atom is -0.497 e. The summed E-state index contributed by atoms with van der Waals surface area (Å²) < 4.78 is 44.1. The molecular weight excluding hydrogens is 343 g/mol. The van der Waals surface area contributed by atoms with E-state index in [1.165, 1.54) is 13.2 Å². The second kappa shape index (κ2) is 6.07. The Kier molecular flexibility index (Phi) is 4.07. The average molecular weight is 355 g/mol. The third-order valence-corrected chi connectivity index (χ3v) is 3.45. The monoisotopic (exact) mass is 355 g/mol. The zero-order chi connectivity index (χ0) is 18.2. The standard InChI is InChI=1S/C14H12F3N5O3/c1-25-8-4-2-3-7(5-8)18-11(24)9-6-10(23)19-13-20-12(14(15,16)17)21-22(9)13/h2-5,9H,6H2,1H3,(H,18,24)(H,19,20,21,23). The van der Waals surface area contributed by atoms with Gasteiger partial charge in [-0.1, -0.05) is 6.07 Å². The zero-order valence-corrected chi connectivity index (χ0v) is 12.8. The van der Waals surface area contributed by atoms with Crippen LogP contribution in [0.5, 0.6) is 5.75 Å². The predicted molar refractivity (Wildman–Crippen MR) is 78.9 cm³/mol. The van der Waals surface area contributed by atoms with Crippen LogP contribution < -0.4 is 15.4 Å². The van der Waals surface area contributed by atoms with Crippen molar-refractivity contribution in [2.75, 3.05) is 17.7 Å². The van der Waals surface area contributed by atoms with Crippen LogP contribution >= 0.6 is 0 Å². The van der Waals surface area contributed by atoms with Gasteiger partial charge in [0.2, 0.25) is 17.8 Å². The van der Waals surface area contributed by atoms with Gasteiger partial charge in [-0.2, -0.15) is 18.2 Å². The third kappa shape index (κ3) is 3.39. The molecule has 0 spiro atoms. The summed E-state index contributed by atoms with van der Waals surface area (Å²) in [5.41, 5.74) is 0.369. The first-order valence-electron chi connectivity index (χ1n) is 7.06. The van der Waals surface area contributed by atoms with E-state index in [1.807, 2.05) is 0 Å². The lowest BCUT2D eigenvalue weighted by Crippen LogP contribution is -2.36. The van der Waals surface area contributed by atoms with Gasteiger partial charge >= 0.3 is 6.18 Å². The minimum atomic E-state index is -4.79. The normalized spacial score (nSPS) is 16.8. The van der Waals surface area contributed by atoms with Crippen LogP contribution in [0.2, 0.25) is 0 Å². The molecule has 2 amide bonds. The molecule has 0 bridgehead atoms. The van der Waals surface area contributed by atoms with Crippen molar-refractivity contribution in [1.29, 1.82) is 0 Å². The second-order valence-electron chi connectivity index (χ2n) is 5.19. The van der Waals surface area contributed by atoms with Crippen molar-refractivity contribution in [3.63, 3.8) is 0 Å². The maximum atomic E-state index is 12.8. The maximum absolute atomic E-state index is 12.8. The van der Waals surface area contributed by atoms with E-state index in [-0.39, 0.29) is 6.42 Å². The van der Waals surface area contributed by atoms with Gasteiger partial charge in [0.15, 0.2) is 0 Å². The molecule has 0 radical (unpaired) electrons. The Morgan fingerprint density at radius 2 is 2.20 bits per heavy atom. The topological polar surface area (TPSA) is 98.1 Å². The number of halogens is 3. The van der Waals surface area contributed by atoms with Crippen LogP contribution in [0.1, 0.15) is 18.3 Å². The molecule has 0 saturated heterocycles. The summed E-state index contributed by atoms with van der Waals surface area (Å²) >= 11 is 0. The summed E-state index contributed by atoms with van der Waals surface area (Å²) in [5, 5.41) is 8.01. The molecule has 132 valence electrons. The molecule has 2 heterocycles. The van der Waals surface area contributed by atoms with E-state index in [2.05, 4.69) is 20.7 Å². The molecule has 0 fully saturated rings. The number of fused-ring (bicyclic) bond motifs is 1. The molecular formula is C14H12F3N5O3. The number of carbonyl (C=O) groups excluding carboxylic acids is 2. The molecule has 2 N–H and O–H groups in total. The number of methoxy groups -OCH3 is 1. The highest BCUT2D eigenvalue weighted by molar-refractivity contribution is 6.00. The number of carbonyl (C=O) groups is 2. The third-order valence-electron chi connectivity index (χ3n) is 3.45. The Hall–Kier alpha value is -3.11. The number of hydrogen-bond donors (Lipinski definition) is 2. The van der Waals surface area contributed by atoms with Crippen LogP contribution in [0, 0.1) is 0 Å². The zero-order valence-electron chi connectivity index (χ0n) is 12.8. The molecule has 0 saturated carbocycles. The Morgan fingerprint density at radius 1 is 1.44 bits per heavy atom. The van der Waals surface area contributed by atoms with Crippen molar-refractivity contribution in [2.45, 2.75) is 18.6 Å². The van der Waals surface area contributed by atoms with E-state index in [4.69, 9.17) is 4.74 Å². The summed E-state index contributed by atoms with van der Waals surface area (Å²) in [5.74, 6) is -2.68. The molecule has 25 heavy (non-hydrogen) atoms. The largest absolute Gasteiger partial charge is 0.497 e. The first-order chi connectivity index (χ1) is 11.8. The van der Waals surface area contributed by atoms with Gasteiger partial charge in [0, 0.05) is 11.8 Å². The van der Waals surface area contributed by atoms with Gasteiger partial charge in [-0.3, -0.25) is 14.9 Å². The number of benzene rings is 1. The van der Waals surface area contributed by atoms with Crippen molar-refractivity contribution >= 4 is 23.5 Å². The number of amides is 2. The van der Waals surface area contributed by atoms with Gasteiger partial charge in [0.1, 0.15) is 11.8 Å². The Balaban J connectivity index is 1.88. The highest BCUT2D eigenvalue weighted by Gasteiger charge is 2.41. The Morgan fingerprint density at radius 3 is 2.88 bits per heavy atom. The summed E-state index contributed by atoms with van der Waals surface area (Å²) in [7, 11) is 1.45. The average Bonchev–Trinajstić information content (AvgIpc) is 2.98. The smallest absolute Gasteiger partial charge is 0.453 e. The van der Waals surface area contributed by atoms with Crippen LogP contribution in [0.15, 0.2) is 24.3 Å². The van der Waals surface area contributed by atoms with Crippen molar-refractivity contribution in [3.05, 3.63) is 30.1 Å². The highest BCUT2D eigenvalue weighted by Crippen LogP contribution is 2.31. The molecule has 1 aromatic heterocycles. The molecule has 8 nitrogen and oxygen atoms in total. The quantitative estimate of drug-likeness (QED) is 0.875. The fraction of sp³-hybridized carbons (Fsp3) is 0.286. The molecule has 2 aromatic rings. The molecule has 0 aliphatic carbocycles. The number of rotatable bonds is 3. The van der Waals surface area contributed by atoms with E-state index >= 15 is 0 Å². The number of alkyl halides is 3. The maximum Gasteiger partial charge on any atom is 0.453 e. The van der Waals surface area contributed by atoms with E-state index in [9.17, 15) is 22.8 Å². The molecule has 1 aromatic carbocycles. The highest BCUT2D eigenvalue weighted by atomic mass is 19.4. The first kappa shape index (κ1) is 16.7. The van der Waals surface area contributed by atoms with Crippen LogP contribution in [-0.4, -0.2) is 33.7 Å². The fourth-order valence-corrected chi connectivity index (χ4v) is 2.31. The van der Waals surface area contributed by atoms with Crippen molar-refractivity contribution in [1.82, 2.24) is 14.8 Å². The number of ether oxygens (including phenoxy) is 1. The molecule has 3 rings (SSSR count). The summed E-state index contributed by atoms with van der Waals surface area (Å²) in [4.78, 5) is 27.3. The molecule has 1 aliphatic rings. The SMILES string of the molecule is COc1cccc(NC(=O)C2CC(=O)Nc3nc(C(F)(F)F)nn32)c1. The number of nitrogens with one attached hydrogen (secondary N) is 2. The number of nitrogens with zero attached hydrogens (tertiary/aromatic N) is 3. The Labute approximate surface area is 139 Å². The summed E-state index contributed by atoms with van der Waals surface area (Å²) in [6.45, 7) is 0. The second-order valence-corrected chi connectivity index (χ2v) is 5.19. The van der Waals surface area contributed by atoms with E-state index in [0.29, 0.717) is 11.4 Å². The number of anilines is 2. The molecule has 1 unspecified atom stereocenters. The lowest BCUT2D eigenvalue weighted by atomic mass is 10.1. The fourth-order valence-electron chi connectivity index (χ4n) is 2.31. The van der Waals surface area contributed by atoms with E-state index < -0.39 is 35.8 Å². The van der Waals surface area contributed by atoms with Gasteiger partial charge in [-0.15, -0.1) is 5.10 Å². The van der Waals surface area contributed by atoms with E-state index in [1.54, 1.807) is 18.2 Å². The summed E-state index contributed by atoms with van der Waals surface area (Å²) in [6.07, 6.45) is -5.15. The van der Waals surface area contributed by atoms with Crippen molar-refractivity contribution < 1.29 is 27.5 Å². The molecule has 11 heteroatoms. The minimum absolute atomic E-state index is 0.358. The number of hydrogen-bond acceptors (Lipinski definition) is 5. The van der Waals surface area contributed by atoms with Crippen molar-refractivity contribution in [3.8, 4) is 5.75 Å². The van der Waals surface area contributed by atoms with Crippen molar-refractivity contribution in [2.24, 2.45) is 0 Å². The van der Waals surface area contributed by atoms with Crippen LogP contribution in [-0.2, 0) is 15.8 Å². The first-order valence-corrected chi connectivity index (χ1v) is 7.06. The predicted octanol–water partition coefficient (Wildman–Crippen LogP) is 1.83. The lowest BCUT2D eigenvalue weighted by molar-refractivity contribution is -0.145. The lowest BCUT2D eigenvalue weighted by Gasteiger charge is -2.22.